The van der Waals surface area contributed by atoms with Gasteiger partial charge in [0.05, 0.1) is 0 Å². The minimum atomic E-state index is -0.663. The van der Waals surface area contributed by atoms with E-state index in [2.05, 4.69) is 12.6 Å². The van der Waals surface area contributed by atoms with Crippen LogP contribution < -0.4 is 0 Å². The van der Waals surface area contributed by atoms with Crippen LogP contribution in [-0.4, -0.2) is 33.8 Å². The third kappa shape index (κ3) is 23.3. The number of hydrogen-bond acceptors (Lipinski definition) is 4. The number of aliphatic hydroxyl groups is 1. The van der Waals surface area contributed by atoms with Crippen LogP contribution in [0.4, 0.5) is 0 Å². The minimum Gasteiger partial charge on any atom is -0.481 e. The number of hydrogen-bond donors (Lipinski definition) is 4. The van der Waals surface area contributed by atoms with E-state index in [4.69, 9.17) is 22.8 Å². The van der Waals surface area contributed by atoms with Crippen LogP contribution in [0.3, 0.4) is 0 Å². The summed E-state index contributed by atoms with van der Waals surface area (Å²) in [6, 6.07) is 0. The molecule has 3 nitrogen and oxygen atoms in total. The normalized spacial score (nSPS) is 13.3. The number of carbonyl (C=O) groups is 1. The molecule has 0 fully saturated rings. The number of carboxylic acids is 1. The van der Waals surface area contributed by atoms with Gasteiger partial charge < -0.3 is 10.2 Å². The maximum Gasteiger partial charge on any atom is 0.303 e. The molecule has 0 aromatic rings. The predicted molar refractivity (Wildman–Crippen MR) is 146 cm³/mol. The van der Waals surface area contributed by atoms with Crippen molar-refractivity contribution in [3.63, 3.8) is 0 Å². The maximum absolute atomic E-state index is 10.5. The highest BCUT2D eigenvalue weighted by atomic mass is 32.1. The Kier molecular flexibility index (Phi) is 25.9. The van der Waals surface area contributed by atoms with E-state index in [9.17, 15) is 4.79 Å². The van der Waals surface area contributed by atoms with E-state index < -0.39 is 5.97 Å². The summed E-state index contributed by atoms with van der Waals surface area (Å²) in [5, 5.41) is 17.9. The lowest BCUT2D eigenvalue weighted by atomic mass is 9.95. The van der Waals surface area contributed by atoms with Gasteiger partial charge in [-0.05, 0) is 37.4 Å². The summed E-state index contributed by atoms with van der Waals surface area (Å²) in [7, 11) is 0. The number of rotatable bonds is 26. The fourth-order valence-electron chi connectivity index (χ4n) is 4.44. The smallest absolute Gasteiger partial charge is 0.303 e. The van der Waals surface area contributed by atoms with E-state index in [1.807, 2.05) is 0 Å². The Morgan fingerprint density at radius 2 is 0.969 bits per heavy atom. The van der Waals surface area contributed by atoms with E-state index in [0.717, 1.165) is 25.0 Å². The summed E-state index contributed by atoms with van der Waals surface area (Å²) < 4.78 is 0. The van der Waals surface area contributed by atoms with Gasteiger partial charge in [0.15, 0.2) is 0 Å². The zero-order chi connectivity index (χ0) is 23.7. The number of thiol groups is 2. The van der Waals surface area contributed by atoms with E-state index in [1.165, 1.54) is 116 Å². The highest BCUT2D eigenvalue weighted by molar-refractivity contribution is 7.81. The lowest BCUT2D eigenvalue weighted by Crippen LogP contribution is -2.17. The number of aliphatic hydroxyl groups excluding tert-OH is 1. The fourth-order valence-corrected chi connectivity index (χ4v) is 5.48. The van der Waals surface area contributed by atoms with Crippen LogP contribution in [0.5, 0.6) is 0 Å². The molecule has 2 atom stereocenters. The van der Waals surface area contributed by atoms with E-state index in [1.54, 1.807) is 0 Å². The zero-order valence-corrected chi connectivity index (χ0v) is 22.6. The molecular weight excluding hydrogens is 436 g/mol. The molecule has 32 heavy (non-hydrogen) atoms. The topological polar surface area (TPSA) is 57.5 Å². The second-order valence-electron chi connectivity index (χ2n) is 9.67. The van der Waals surface area contributed by atoms with Gasteiger partial charge in [-0.1, -0.05) is 109 Å². The summed E-state index contributed by atoms with van der Waals surface area (Å²) in [5.41, 5.74) is 0. The van der Waals surface area contributed by atoms with Crippen molar-refractivity contribution in [2.24, 2.45) is 5.92 Å². The van der Waals surface area contributed by atoms with Crippen LogP contribution in [0.1, 0.15) is 141 Å². The molecule has 192 valence electrons. The van der Waals surface area contributed by atoms with Crippen LogP contribution in [-0.2, 0) is 4.79 Å². The Bertz CT molecular complexity index is 393. The quantitative estimate of drug-likeness (QED) is 0.0726. The van der Waals surface area contributed by atoms with Crippen molar-refractivity contribution in [2.45, 2.75) is 147 Å². The third-order valence-corrected chi connectivity index (χ3v) is 7.80. The molecule has 0 aromatic heterocycles. The van der Waals surface area contributed by atoms with E-state index in [0.29, 0.717) is 24.2 Å². The Balaban J connectivity index is 3.41. The SMILES string of the molecule is O=C(O)CCCCCCCCCCCCCCC(S)C(CS)CCCCCCCCCO. The van der Waals surface area contributed by atoms with Gasteiger partial charge in [-0.15, -0.1) is 0 Å². The summed E-state index contributed by atoms with van der Waals surface area (Å²) in [5.74, 6) is 0.953. The molecule has 0 amide bonds. The minimum absolute atomic E-state index is 0.330. The first-order chi connectivity index (χ1) is 15.6. The van der Waals surface area contributed by atoms with Crippen molar-refractivity contribution < 1.29 is 15.0 Å². The van der Waals surface area contributed by atoms with E-state index >= 15 is 0 Å². The zero-order valence-electron chi connectivity index (χ0n) is 20.8. The van der Waals surface area contributed by atoms with Gasteiger partial charge in [0, 0.05) is 18.3 Å². The molecule has 0 saturated carbocycles. The second kappa shape index (κ2) is 25.7. The Hall–Kier alpha value is 0.130. The highest BCUT2D eigenvalue weighted by Gasteiger charge is 2.16. The number of carboxylic acid groups (broad SMARTS) is 1. The van der Waals surface area contributed by atoms with Crippen molar-refractivity contribution >= 4 is 31.2 Å². The van der Waals surface area contributed by atoms with Gasteiger partial charge in [-0.3, -0.25) is 4.79 Å². The van der Waals surface area contributed by atoms with Gasteiger partial charge in [-0.2, -0.15) is 25.3 Å². The second-order valence-corrected chi connectivity index (χ2v) is 10.7. The summed E-state index contributed by atoms with van der Waals surface area (Å²) in [6.07, 6.45) is 26.6. The van der Waals surface area contributed by atoms with Crippen molar-refractivity contribution in [1.82, 2.24) is 0 Å². The average Bonchev–Trinajstić information content (AvgIpc) is 2.78. The molecule has 0 aliphatic carbocycles. The molecule has 0 aromatic carbocycles. The molecule has 0 heterocycles. The Labute approximate surface area is 210 Å². The Morgan fingerprint density at radius 3 is 1.38 bits per heavy atom. The first-order valence-electron chi connectivity index (χ1n) is 13.7. The van der Waals surface area contributed by atoms with Gasteiger partial charge in [-0.25, -0.2) is 0 Å². The summed E-state index contributed by atoms with van der Waals surface area (Å²) >= 11 is 9.50. The van der Waals surface area contributed by atoms with Crippen molar-refractivity contribution in [3.05, 3.63) is 0 Å². The van der Waals surface area contributed by atoms with Gasteiger partial charge in [0.2, 0.25) is 0 Å². The fraction of sp³-hybridized carbons (Fsp3) is 0.963. The maximum atomic E-state index is 10.5. The van der Waals surface area contributed by atoms with E-state index in [-0.39, 0.29) is 0 Å². The molecule has 0 aliphatic rings. The lowest BCUT2D eigenvalue weighted by Gasteiger charge is -2.21. The molecule has 0 spiro atoms. The molecule has 0 saturated heterocycles. The highest BCUT2D eigenvalue weighted by Crippen LogP contribution is 2.25. The summed E-state index contributed by atoms with van der Waals surface area (Å²) in [4.78, 5) is 10.5. The van der Waals surface area contributed by atoms with Crippen molar-refractivity contribution in [1.29, 1.82) is 0 Å². The lowest BCUT2D eigenvalue weighted by molar-refractivity contribution is -0.137. The molecular formula is C27H54O3S2. The first kappa shape index (κ1) is 32.1. The molecule has 2 unspecified atom stereocenters. The summed E-state index contributed by atoms with van der Waals surface area (Å²) in [6.45, 7) is 0.340. The standard InChI is InChI=1S/C27H54O3S2/c28-23-19-15-11-7-8-12-16-20-25(24-31)26(32)21-17-13-9-5-3-1-2-4-6-10-14-18-22-27(29)30/h25-26,28,31-32H,1-24H2,(H,29,30). The van der Waals surface area contributed by atoms with Crippen molar-refractivity contribution in [2.75, 3.05) is 12.4 Å². The third-order valence-electron chi connectivity index (χ3n) is 6.65. The molecule has 5 heteroatoms. The predicted octanol–water partition coefficient (Wildman–Crippen LogP) is 8.49. The molecule has 0 radical (unpaired) electrons. The van der Waals surface area contributed by atoms with Gasteiger partial charge in [0.1, 0.15) is 0 Å². The van der Waals surface area contributed by atoms with Crippen LogP contribution in [0.25, 0.3) is 0 Å². The van der Waals surface area contributed by atoms with Gasteiger partial charge >= 0.3 is 5.97 Å². The number of unbranched alkanes of at least 4 members (excludes halogenated alkanes) is 17. The molecule has 0 aliphatic heterocycles. The monoisotopic (exact) mass is 490 g/mol. The average molecular weight is 491 g/mol. The Morgan fingerprint density at radius 1 is 0.594 bits per heavy atom. The number of aliphatic carboxylic acids is 1. The van der Waals surface area contributed by atoms with Crippen LogP contribution in [0, 0.1) is 5.92 Å². The van der Waals surface area contributed by atoms with Crippen LogP contribution in [0.15, 0.2) is 0 Å². The van der Waals surface area contributed by atoms with Crippen molar-refractivity contribution in [3.8, 4) is 0 Å². The molecule has 2 N–H and O–H groups in total. The first-order valence-corrected chi connectivity index (χ1v) is 14.9. The van der Waals surface area contributed by atoms with Gasteiger partial charge in [0.25, 0.3) is 0 Å². The molecule has 0 bridgehead atoms. The molecule has 0 rings (SSSR count). The largest absolute Gasteiger partial charge is 0.481 e. The van der Waals surface area contributed by atoms with Crippen LogP contribution >= 0.6 is 25.3 Å². The van der Waals surface area contributed by atoms with Crippen LogP contribution in [0.2, 0.25) is 0 Å².